The quantitative estimate of drug-likeness (QED) is 0.596. The van der Waals surface area contributed by atoms with E-state index in [1.165, 1.54) is 24.1 Å². The Morgan fingerprint density at radius 2 is 1.61 bits per heavy atom. The number of rotatable bonds is 7. The summed E-state index contributed by atoms with van der Waals surface area (Å²) in [6.07, 6.45) is 5.13. The first-order valence-electron chi connectivity index (χ1n) is 8.60. The standard InChI is InChI=1S/C18H27N3O2/c1-2-11-19-17(22)18(23)20-12-5-6-15-7-9-16(10-8-15)21-13-3-4-14-21/h7-10H,2-6,11-14H2,1H3,(H,19,22)(H,20,23). The largest absolute Gasteiger partial charge is 0.372 e. The van der Waals surface area contributed by atoms with E-state index < -0.39 is 11.8 Å². The minimum absolute atomic E-state index is 0.520. The Hall–Kier alpha value is -2.04. The highest BCUT2D eigenvalue weighted by Crippen LogP contribution is 2.20. The number of amides is 2. The highest BCUT2D eigenvalue weighted by Gasteiger charge is 2.12. The summed E-state index contributed by atoms with van der Waals surface area (Å²) < 4.78 is 0. The van der Waals surface area contributed by atoms with Gasteiger partial charge in [-0.3, -0.25) is 9.59 Å². The predicted octanol–water partition coefficient (Wildman–Crippen LogP) is 1.86. The lowest BCUT2D eigenvalue weighted by Crippen LogP contribution is -2.40. The van der Waals surface area contributed by atoms with Gasteiger partial charge in [-0.2, -0.15) is 0 Å². The fraction of sp³-hybridized carbons (Fsp3) is 0.556. The Morgan fingerprint density at radius 3 is 2.22 bits per heavy atom. The molecular weight excluding hydrogens is 290 g/mol. The van der Waals surface area contributed by atoms with E-state index in [-0.39, 0.29) is 0 Å². The molecule has 0 aliphatic carbocycles. The molecule has 1 aliphatic rings. The third kappa shape index (κ3) is 5.58. The summed E-state index contributed by atoms with van der Waals surface area (Å²) in [5, 5.41) is 5.23. The molecule has 2 amide bonds. The van der Waals surface area contributed by atoms with Crippen molar-refractivity contribution in [3.05, 3.63) is 29.8 Å². The van der Waals surface area contributed by atoms with Crippen molar-refractivity contribution in [3.8, 4) is 0 Å². The fourth-order valence-corrected chi connectivity index (χ4v) is 2.74. The van der Waals surface area contributed by atoms with Crippen molar-refractivity contribution in [2.45, 2.75) is 39.0 Å². The first-order chi connectivity index (χ1) is 11.2. The van der Waals surface area contributed by atoms with Crippen molar-refractivity contribution >= 4 is 17.5 Å². The van der Waals surface area contributed by atoms with Gasteiger partial charge >= 0.3 is 11.8 Å². The molecular formula is C18H27N3O2. The number of nitrogens with zero attached hydrogens (tertiary/aromatic N) is 1. The Kier molecular flexibility index (Phi) is 6.91. The normalized spacial score (nSPS) is 13.9. The van der Waals surface area contributed by atoms with Gasteiger partial charge in [-0.1, -0.05) is 19.1 Å². The molecule has 126 valence electrons. The van der Waals surface area contributed by atoms with Crippen molar-refractivity contribution in [1.82, 2.24) is 10.6 Å². The van der Waals surface area contributed by atoms with E-state index in [0.29, 0.717) is 13.1 Å². The number of hydrogen-bond acceptors (Lipinski definition) is 3. The van der Waals surface area contributed by atoms with Gasteiger partial charge < -0.3 is 15.5 Å². The monoisotopic (exact) mass is 317 g/mol. The van der Waals surface area contributed by atoms with Crippen LogP contribution >= 0.6 is 0 Å². The Labute approximate surface area is 138 Å². The number of nitrogens with one attached hydrogen (secondary N) is 2. The van der Waals surface area contributed by atoms with Crippen LogP contribution in [-0.4, -0.2) is 38.0 Å². The van der Waals surface area contributed by atoms with Gasteiger partial charge in [-0.15, -0.1) is 0 Å². The van der Waals surface area contributed by atoms with Gasteiger partial charge in [0.25, 0.3) is 0 Å². The average Bonchev–Trinajstić information content (AvgIpc) is 3.11. The molecule has 0 atom stereocenters. The second-order valence-corrected chi connectivity index (χ2v) is 5.98. The lowest BCUT2D eigenvalue weighted by molar-refractivity contribution is -0.139. The second kappa shape index (κ2) is 9.18. The van der Waals surface area contributed by atoms with Crippen molar-refractivity contribution in [2.24, 2.45) is 0 Å². The van der Waals surface area contributed by atoms with Crippen molar-refractivity contribution < 1.29 is 9.59 Å². The van der Waals surface area contributed by atoms with Gasteiger partial charge in [0.2, 0.25) is 0 Å². The first kappa shape index (κ1) is 17.3. The van der Waals surface area contributed by atoms with Crippen molar-refractivity contribution in [3.63, 3.8) is 0 Å². The zero-order valence-corrected chi connectivity index (χ0v) is 13.9. The number of carbonyl (C=O) groups excluding carboxylic acids is 2. The number of carbonyl (C=O) groups is 2. The Balaban J connectivity index is 1.66. The van der Waals surface area contributed by atoms with E-state index in [1.54, 1.807) is 0 Å². The zero-order chi connectivity index (χ0) is 16.5. The third-order valence-electron chi connectivity index (χ3n) is 4.08. The first-order valence-corrected chi connectivity index (χ1v) is 8.60. The summed E-state index contributed by atoms with van der Waals surface area (Å²) in [6, 6.07) is 8.67. The summed E-state index contributed by atoms with van der Waals surface area (Å²) in [5.74, 6) is -1.08. The maximum Gasteiger partial charge on any atom is 0.309 e. The Morgan fingerprint density at radius 1 is 1.00 bits per heavy atom. The molecule has 1 aromatic carbocycles. The summed E-state index contributed by atoms with van der Waals surface area (Å²) in [4.78, 5) is 25.3. The van der Waals surface area contributed by atoms with Crippen LogP contribution in [0.25, 0.3) is 0 Å². The molecule has 2 rings (SSSR count). The van der Waals surface area contributed by atoms with Crippen molar-refractivity contribution in [1.29, 1.82) is 0 Å². The fourth-order valence-electron chi connectivity index (χ4n) is 2.74. The molecule has 1 heterocycles. The molecule has 1 fully saturated rings. The molecule has 0 saturated carbocycles. The summed E-state index contributed by atoms with van der Waals surface area (Å²) in [7, 11) is 0. The minimum atomic E-state index is -0.540. The van der Waals surface area contributed by atoms with E-state index in [0.717, 1.165) is 32.4 Å². The van der Waals surface area contributed by atoms with Gasteiger partial charge in [0.05, 0.1) is 0 Å². The van der Waals surface area contributed by atoms with Crippen LogP contribution in [0.2, 0.25) is 0 Å². The average molecular weight is 317 g/mol. The lowest BCUT2D eigenvalue weighted by Gasteiger charge is -2.17. The number of hydrogen-bond donors (Lipinski definition) is 2. The minimum Gasteiger partial charge on any atom is -0.372 e. The van der Waals surface area contributed by atoms with Gasteiger partial charge in [-0.05, 0) is 49.8 Å². The van der Waals surface area contributed by atoms with E-state index in [9.17, 15) is 9.59 Å². The van der Waals surface area contributed by atoms with Gasteiger partial charge in [-0.25, -0.2) is 0 Å². The Bertz CT molecular complexity index is 508. The van der Waals surface area contributed by atoms with E-state index in [1.807, 2.05) is 6.92 Å². The second-order valence-electron chi connectivity index (χ2n) is 5.98. The molecule has 23 heavy (non-hydrogen) atoms. The van der Waals surface area contributed by atoms with Crippen LogP contribution in [0.5, 0.6) is 0 Å². The molecule has 2 N–H and O–H groups in total. The van der Waals surface area contributed by atoms with Crippen LogP contribution in [0.3, 0.4) is 0 Å². The van der Waals surface area contributed by atoms with E-state index in [2.05, 4.69) is 39.8 Å². The zero-order valence-electron chi connectivity index (χ0n) is 13.9. The molecule has 0 spiro atoms. The van der Waals surface area contributed by atoms with Crippen LogP contribution in [0, 0.1) is 0 Å². The van der Waals surface area contributed by atoms with E-state index in [4.69, 9.17) is 0 Å². The highest BCUT2D eigenvalue weighted by molar-refractivity contribution is 6.35. The smallest absolute Gasteiger partial charge is 0.309 e. The summed E-state index contributed by atoms with van der Waals surface area (Å²) in [5.41, 5.74) is 2.56. The van der Waals surface area contributed by atoms with Crippen LogP contribution in [0.15, 0.2) is 24.3 Å². The van der Waals surface area contributed by atoms with Crippen LogP contribution in [-0.2, 0) is 16.0 Å². The van der Waals surface area contributed by atoms with E-state index >= 15 is 0 Å². The highest BCUT2D eigenvalue weighted by atomic mass is 16.2. The number of aryl methyl sites for hydroxylation is 1. The molecule has 0 bridgehead atoms. The molecule has 1 aromatic rings. The topological polar surface area (TPSA) is 61.4 Å². The number of benzene rings is 1. The predicted molar refractivity (Wildman–Crippen MR) is 92.5 cm³/mol. The molecule has 0 aromatic heterocycles. The maximum absolute atomic E-state index is 11.5. The summed E-state index contributed by atoms with van der Waals surface area (Å²) in [6.45, 7) is 5.33. The number of anilines is 1. The summed E-state index contributed by atoms with van der Waals surface area (Å²) >= 11 is 0. The third-order valence-corrected chi connectivity index (χ3v) is 4.08. The molecule has 1 aliphatic heterocycles. The van der Waals surface area contributed by atoms with Gasteiger partial charge in [0.15, 0.2) is 0 Å². The molecule has 5 nitrogen and oxygen atoms in total. The molecule has 1 saturated heterocycles. The van der Waals surface area contributed by atoms with Crippen LogP contribution in [0.4, 0.5) is 5.69 Å². The SMILES string of the molecule is CCCNC(=O)C(=O)NCCCc1ccc(N2CCCC2)cc1. The lowest BCUT2D eigenvalue weighted by atomic mass is 10.1. The van der Waals surface area contributed by atoms with Crippen molar-refractivity contribution in [2.75, 3.05) is 31.1 Å². The molecule has 0 unspecified atom stereocenters. The van der Waals surface area contributed by atoms with Crippen LogP contribution < -0.4 is 15.5 Å². The van der Waals surface area contributed by atoms with Gasteiger partial charge in [0.1, 0.15) is 0 Å². The molecule has 0 radical (unpaired) electrons. The van der Waals surface area contributed by atoms with Gasteiger partial charge in [0, 0.05) is 31.9 Å². The molecule has 5 heteroatoms. The maximum atomic E-state index is 11.5. The van der Waals surface area contributed by atoms with Crippen LogP contribution in [0.1, 0.15) is 38.2 Å².